The number of hydrogen-bond acceptors (Lipinski definition) is 3. The Morgan fingerprint density at radius 2 is 2.12 bits per heavy atom. The zero-order valence-corrected chi connectivity index (χ0v) is 10.1. The van der Waals surface area contributed by atoms with E-state index in [0.717, 1.165) is 0 Å². The summed E-state index contributed by atoms with van der Waals surface area (Å²) in [6, 6.07) is -0.279. The van der Waals surface area contributed by atoms with E-state index >= 15 is 0 Å². The van der Waals surface area contributed by atoms with Gasteiger partial charge in [-0.05, 0) is 5.92 Å². The summed E-state index contributed by atoms with van der Waals surface area (Å²) in [7, 11) is 0. The van der Waals surface area contributed by atoms with Gasteiger partial charge in [0.15, 0.2) is 0 Å². The van der Waals surface area contributed by atoms with Crippen LogP contribution in [0.1, 0.15) is 20.3 Å². The predicted molar refractivity (Wildman–Crippen MR) is 63.5 cm³/mol. The maximum absolute atomic E-state index is 11.4. The molecule has 94 valence electrons. The van der Waals surface area contributed by atoms with Crippen LogP contribution in [0.4, 0.5) is 4.79 Å². The van der Waals surface area contributed by atoms with E-state index in [1.165, 1.54) is 17.1 Å². The lowest BCUT2D eigenvalue weighted by molar-refractivity contribution is -0.121. The van der Waals surface area contributed by atoms with E-state index in [4.69, 9.17) is 0 Å². The lowest BCUT2D eigenvalue weighted by atomic mass is 10.2. The van der Waals surface area contributed by atoms with Gasteiger partial charge in [-0.15, -0.1) is 0 Å². The highest BCUT2D eigenvalue weighted by Crippen LogP contribution is 1.89. The Bertz CT molecular complexity index is 360. The molecule has 6 nitrogen and oxygen atoms in total. The third kappa shape index (κ3) is 5.14. The van der Waals surface area contributed by atoms with Gasteiger partial charge in [-0.25, -0.2) is 9.78 Å². The zero-order chi connectivity index (χ0) is 12.7. The van der Waals surface area contributed by atoms with Crippen molar-refractivity contribution in [1.82, 2.24) is 20.2 Å². The van der Waals surface area contributed by atoms with Gasteiger partial charge in [-0.2, -0.15) is 0 Å². The number of hydrogen-bond donors (Lipinski definition) is 2. The highest BCUT2D eigenvalue weighted by molar-refractivity contribution is 5.79. The van der Waals surface area contributed by atoms with Gasteiger partial charge in [0.05, 0.1) is 0 Å². The Morgan fingerprint density at radius 3 is 2.71 bits per heavy atom. The molecule has 6 heteroatoms. The summed E-state index contributed by atoms with van der Waals surface area (Å²) in [6.45, 7) is 5.04. The first-order chi connectivity index (χ1) is 8.09. The molecule has 2 N–H and O–H groups in total. The van der Waals surface area contributed by atoms with Crippen molar-refractivity contribution in [2.75, 3.05) is 13.1 Å². The Labute approximate surface area is 100 Å². The molecule has 0 unspecified atom stereocenters. The molecule has 0 aromatic carbocycles. The summed E-state index contributed by atoms with van der Waals surface area (Å²) in [5.74, 6) is 0.379. The number of carbonyl (C=O) groups is 2. The highest BCUT2D eigenvalue weighted by atomic mass is 16.2. The first kappa shape index (κ1) is 13.2. The Morgan fingerprint density at radius 1 is 1.35 bits per heavy atom. The minimum atomic E-state index is -0.279. The lowest BCUT2D eigenvalue weighted by Gasteiger charge is -2.08. The fraction of sp³-hybridized carbons (Fsp3) is 0.545. The molecule has 0 saturated carbocycles. The number of imidazole rings is 1. The van der Waals surface area contributed by atoms with E-state index in [0.29, 0.717) is 19.0 Å². The van der Waals surface area contributed by atoms with E-state index in [9.17, 15) is 9.59 Å². The van der Waals surface area contributed by atoms with Crippen molar-refractivity contribution in [2.24, 2.45) is 5.92 Å². The van der Waals surface area contributed by atoms with Crippen molar-refractivity contribution in [3.63, 3.8) is 0 Å². The van der Waals surface area contributed by atoms with E-state index < -0.39 is 0 Å². The minimum absolute atomic E-state index is 0.0513. The Kier molecular flexibility index (Phi) is 5.19. The Balaban J connectivity index is 2.15. The number of nitrogens with one attached hydrogen (secondary N) is 2. The van der Waals surface area contributed by atoms with Crippen LogP contribution in [-0.4, -0.2) is 34.6 Å². The van der Waals surface area contributed by atoms with Crippen LogP contribution in [0.25, 0.3) is 0 Å². The van der Waals surface area contributed by atoms with E-state index in [-0.39, 0.29) is 18.4 Å². The van der Waals surface area contributed by atoms with Gasteiger partial charge in [0.1, 0.15) is 6.33 Å². The molecule has 1 heterocycles. The SMILES string of the molecule is CC(C)CNC(=O)CCNC(=O)n1ccnc1. The fourth-order valence-electron chi connectivity index (χ4n) is 1.16. The summed E-state index contributed by atoms with van der Waals surface area (Å²) in [4.78, 5) is 26.5. The van der Waals surface area contributed by atoms with Crippen LogP contribution in [0, 0.1) is 5.92 Å². The van der Waals surface area contributed by atoms with Gasteiger partial charge in [0.25, 0.3) is 0 Å². The molecule has 0 aliphatic rings. The monoisotopic (exact) mass is 238 g/mol. The van der Waals surface area contributed by atoms with E-state index in [2.05, 4.69) is 15.6 Å². The smallest absolute Gasteiger partial charge is 0.326 e. The molecule has 17 heavy (non-hydrogen) atoms. The molecule has 0 saturated heterocycles. The molecular weight excluding hydrogens is 220 g/mol. The third-order valence-corrected chi connectivity index (χ3v) is 2.07. The van der Waals surface area contributed by atoms with Crippen molar-refractivity contribution in [1.29, 1.82) is 0 Å². The quantitative estimate of drug-likeness (QED) is 0.788. The minimum Gasteiger partial charge on any atom is -0.356 e. The average Bonchev–Trinajstić information content (AvgIpc) is 2.79. The molecule has 0 aliphatic heterocycles. The standard InChI is InChI=1S/C11H18N4O2/c1-9(2)7-14-10(16)3-4-13-11(17)15-6-5-12-8-15/h5-6,8-9H,3-4,7H2,1-2H3,(H,13,17)(H,14,16). The first-order valence-corrected chi connectivity index (χ1v) is 5.62. The topological polar surface area (TPSA) is 76.0 Å². The molecule has 0 aliphatic carbocycles. The van der Waals surface area contributed by atoms with Crippen molar-refractivity contribution in [3.8, 4) is 0 Å². The molecule has 0 atom stereocenters. The highest BCUT2D eigenvalue weighted by Gasteiger charge is 2.05. The van der Waals surface area contributed by atoms with Gasteiger partial charge in [-0.3, -0.25) is 9.36 Å². The van der Waals surface area contributed by atoms with Crippen LogP contribution in [-0.2, 0) is 4.79 Å². The summed E-state index contributed by atoms with van der Waals surface area (Å²) in [5, 5.41) is 5.41. The molecule has 0 radical (unpaired) electrons. The van der Waals surface area contributed by atoms with Gasteiger partial charge in [0.2, 0.25) is 5.91 Å². The molecule has 1 aromatic heterocycles. The zero-order valence-electron chi connectivity index (χ0n) is 10.1. The number of nitrogens with zero attached hydrogens (tertiary/aromatic N) is 2. The lowest BCUT2D eigenvalue weighted by Crippen LogP contribution is -2.33. The van der Waals surface area contributed by atoms with Gasteiger partial charge < -0.3 is 10.6 Å². The van der Waals surface area contributed by atoms with E-state index in [1.807, 2.05) is 13.8 Å². The maximum atomic E-state index is 11.4. The number of amides is 2. The van der Waals surface area contributed by atoms with E-state index in [1.54, 1.807) is 6.20 Å². The molecule has 0 fully saturated rings. The normalized spacial score (nSPS) is 10.3. The number of rotatable bonds is 5. The largest absolute Gasteiger partial charge is 0.356 e. The molecule has 0 bridgehead atoms. The second-order valence-electron chi connectivity index (χ2n) is 4.15. The summed E-state index contributed by atoms with van der Waals surface area (Å²) < 4.78 is 1.33. The van der Waals surface area contributed by atoms with Gasteiger partial charge in [-0.1, -0.05) is 13.8 Å². The first-order valence-electron chi connectivity index (χ1n) is 5.62. The van der Waals surface area contributed by atoms with Crippen molar-refractivity contribution in [3.05, 3.63) is 18.7 Å². The second-order valence-corrected chi connectivity index (χ2v) is 4.15. The van der Waals surface area contributed by atoms with Gasteiger partial charge in [0, 0.05) is 31.9 Å². The van der Waals surface area contributed by atoms with Crippen LogP contribution in [0.5, 0.6) is 0 Å². The van der Waals surface area contributed by atoms with Crippen LogP contribution in [0.3, 0.4) is 0 Å². The molecule has 0 spiro atoms. The van der Waals surface area contributed by atoms with Crippen LogP contribution < -0.4 is 10.6 Å². The van der Waals surface area contributed by atoms with Crippen molar-refractivity contribution >= 4 is 11.9 Å². The predicted octanol–water partition coefficient (Wildman–Crippen LogP) is 0.603. The van der Waals surface area contributed by atoms with Crippen LogP contribution >= 0.6 is 0 Å². The molecule has 1 rings (SSSR count). The summed E-state index contributed by atoms with van der Waals surface area (Å²) in [6.07, 6.45) is 4.77. The second kappa shape index (κ2) is 6.67. The molecule has 2 amide bonds. The average molecular weight is 238 g/mol. The maximum Gasteiger partial charge on any atom is 0.326 e. The van der Waals surface area contributed by atoms with Crippen molar-refractivity contribution in [2.45, 2.75) is 20.3 Å². The molecule has 1 aromatic rings. The van der Waals surface area contributed by atoms with Crippen molar-refractivity contribution < 1.29 is 9.59 Å². The Hall–Kier alpha value is -1.85. The van der Waals surface area contributed by atoms with Gasteiger partial charge >= 0.3 is 6.03 Å². The molecular formula is C11H18N4O2. The van der Waals surface area contributed by atoms with Crippen LogP contribution in [0.15, 0.2) is 18.7 Å². The van der Waals surface area contributed by atoms with Crippen LogP contribution in [0.2, 0.25) is 0 Å². The number of aromatic nitrogens is 2. The summed E-state index contributed by atoms with van der Waals surface area (Å²) in [5.41, 5.74) is 0. The summed E-state index contributed by atoms with van der Waals surface area (Å²) >= 11 is 0. The third-order valence-electron chi connectivity index (χ3n) is 2.07. The number of carbonyl (C=O) groups excluding carboxylic acids is 2. The fourth-order valence-corrected chi connectivity index (χ4v) is 1.16.